The number of hydrogen-bond acceptors (Lipinski definition) is 9. The number of nitrogens with one attached hydrogen (secondary N) is 1. The van der Waals surface area contributed by atoms with Gasteiger partial charge in [0.25, 0.3) is 5.02 Å². The minimum absolute atomic E-state index is 0.0721. The summed E-state index contributed by atoms with van der Waals surface area (Å²) in [4.78, 5) is 12.9. The van der Waals surface area contributed by atoms with Crippen LogP contribution in [-0.4, -0.2) is 42.9 Å². The molecule has 1 aliphatic heterocycles. The highest BCUT2D eigenvalue weighted by Crippen LogP contribution is 2.78. The van der Waals surface area contributed by atoms with Gasteiger partial charge in [0.2, 0.25) is 5.78 Å². The number of nitrogens with zero attached hydrogens (tertiary/aromatic N) is 1. The Labute approximate surface area is 179 Å². The lowest BCUT2D eigenvalue weighted by molar-refractivity contribution is 0.106. The topological polar surface area (TPSA) is 113 Å². The number of hydrazone groups is 1. The first-order valence-corrected chi connectivity index (χ1v) is 12.8. The summed E-state index contributed by atoms with van der Waals surface area (Å²) >= 11 is 0. The molecule has 0 aromatic heterocycles. The molecule has 0 saturated carbocycles. The average Bonchev–Trinajstić information content (AvgIpc) is 3.15. The Morgan fingerprint density at radius 3 is 1.74 bits per heavy atom. The van der Waals surface area contributed by atoms with Crippen LogP contribution in [0.4, 0.5) is 8.78 Å². The molecular formula is C18H26F2N2O7P2. The van der Waals surface area contributed by atoms with Crippen molar-refractivity contribution in [1.29, 1.82) is 0 Å². The first kappa shape index (κ1) is 25.8. The predicted octanol–water partition coefficient (Wildman–Crippen LogP) is 4.68. The molecule has 2 rings (SSSR count). The second-order valence-electron chi connectivity index (χ2n) is 6.32. The van der Waals surface area contributed by atoms with Crippen LogP contribution in [0.3, 0.4) is 0 Å². The molecule has 174 valence electrons. The van der Waals surface area contributed by atoms with E-state index in [0.29, 0.717) is 6.07 Å². The van der Waals surface area contributed by atoms with Gasteiger partial charge in [-0.25, -0.2) is 8.78 Å². The number of rotatable bonds is 12. The van der Waals surface area contributed by atoms with Crippen molar-refractivity contribution >= 4 is 26.7 Å². The molecule has 13 heteroatoms. The highest BCUT2D eigenvalue weighted by atomic mass is 31.2. The molecule has 0 unspecified atom stereocenters. The zero-order chi connectivity index (χ0) is 23.3. The van der Waals surface area contributed by atoms with Crippen LogP contribution < -0.4 is 5.43 Å². The Morgan fingerprint density at radius 2 is 1.35 bits per heavy atom. The molecule has 0 saturated heterocycles. The third-order valence-electron chi connectivity index (χ3n) is 4.27. The number of carbonyl (C=O) groups excluding carboxylic acids is 1. The van der Waals surface area contributed by atoms with Gasteiger partial charge in [0.1, 0.15) is 17.3 Å². The van der Waals surface area contributed by atoms with Crippen molar-refractivity contribution in [3.63, 3.8) is 0 Å². The molecule has 0 fully saturated rings. The summed E-state index contributed by atoms with van der Waals surface area (Å²) in [5, 5.41) is 1.74. The summed E-state index contributed by atoms with van der Waals surface area (Å²) in [6.45, 7) is 5.95. The van der Waals surface area contributed by atoms with E-state index in [4.69, 9.17) is 18.1 Å². The molecule has 0 bridgehead atoms. The number of carbonyl (C=O) groups is 1. The summed E-state index contributed by atoms with van der Waals surface area (Å²) in [5.41, 5.74) is 1.87. The van der Waals surface area contributed by atoms with E-state index in [1.807, 2.05) is 0 Å². The quantitative estimate of drug-likeness (QED) is 0.338. The summed E-state index contributed by atoms with van der Waals surface area (Å²) in [7, 11) is -8.61. The van der Waals surface area contributed by atoms with Crippen LogP contribution in [0.5, 0.6) is 0 Å². The van der Waals surface area contributed by atoms with Crippen molar-refractivity contribution in [3.8, 4) is 0 Å². The Balaban J connectivity index is 2.57. The van der Waals surface area contributed by atoms with Crippen LogP contribution in [0.2, 0.25) is 0 Å². The van der Waals surface area contributed by atoms with E-state index in [1.165, 1.54) is 0 Å². The van der Waals surface area contributed by atoms with E-state index >= 15 is 0 Å². The molecule has 0 spiro atoms. The Kier molecular flexibility index (Phi) is 8.67. The highest BCUT2D eigenvalue weighted by Gasteiger charge is 2.68. The van der Waals surface area contributed by atoms with Crippen LogP contribution in [0, 0.1) is 11.6 Å². The molecule has 31 heavy (non-hydrogen) atoms. The number of Topliss-reactive ketones (excluding diaryl/α,β-unsaturated/α-hetero) is 1. The van der Waals surface area contributed by atoms with E-state index in [2.05, 4.69) is 10.5 Å². The molecule has 0 radical (unpaired) electrons. The molecule has 1 aliphatic rings. The lowest BCUT2D eigenvalue weighted by Gasteiger charge is -2.38. The smallest absolute Gasteiger partial charge is 0.307 e. The lowest BCUT2D eigenvalue weighted by Crippen LogP contribution is -2.42. The minimum Gasteiger partial charge on any atom is -0.307 e. The molecule has 0 aliphatic carbocycles. The fourth-order valence-electron chi connectivity index (χ4n) is 3.10. The van der Waals surface area contributed by atoms with Gasteiger partial charge in [-0.1, -0.05) is 0 Å². The minimum atomic E-state index is -4.31. The third-order valence-corrected chi connectivity index (χ3v) is 10.5. The molecule has 9 nitrogen and oxygen atoms in total. The van der Waals surface area contributed by atoms with Crippen molar-refractivity contribution in [3.05, 3.63) is 35.4 Å². The first-order valence-electron chi connectivity index (χ1n) is 9.74. The number of ketones is 1. The van der Waals surface area contributed by atoms with Crippen LogP contribution in [0.1, 0.15) is 44.5 Å². The molecular weight excluding hydrogens is 456 g/mol. The van der Waals surface area contributed by atoms with Crippen molar-refractivity contribution in [1.82, 2.24) is 5.43 Å². The number of benzene rings is 1. The van der Waals surface area contributed by atoms with Gasteiger partial charge in [0.15, 0.2) is 0 Å². The van der Waals surface area contributed by atoms with E-state index in [0.717, 1.165) is 12.1 Å². The second-order valence-corrected chi connectivity index (χ2v) is 11.2. The molecule has 1 aromatic carbocycles. The van der Waals surface area contributed by atoms with E-state index in [-0.39, 0.29) is 37.7 Å². The van der Waals surface area contributed by atoms with Crippen LogP contribution in [0.25, 0.3) is 0 Å². The van der Waals surface area contributed by atoms with Crippen molar-refractivity contribution in [2.75, 3.05) is 26.4 Å². The molecule has 1 N–H and O–H groups in total. The van der Waals surface area contributed by atoms with Gasteiger partial charge in [-0.15, -0.1) is 0 Å². The number of halogens is 2. The Bertz CT molecular complexity index is 871. The SMILES string of the molecule is CCOP(=O)(OCC)C1(P(=O)(OCC)OCC)CC(C(=O)c2cc(F)cc(F)c2)=NN1. The summed E-state index contributed by atoms with van der Waals surface area (Å²) in [6.07, 6.45) is -0.543. The van der Waals surface area contributed by atoms with Crippen LogP contribution >= 0.6 is 15.2 Å². The molecule has 1 aromatic rings. The van der Waals surface area contributed by atoms with E-state index in [9.17, 15) is 22.7 Å². The maximum absolute atomic E-state index is 13.8. The number of hydrogen-bond donors (Lipinski definition) is 1. The summed E-state index contributed by atoms with van der Waals surface area (Å²) < 4.78 is 76.4. The zero-order valence-corrected chi connectivity index (χ0v) is 19.5. The standard InChI is InChI=1S/C18H26F2N2O7P2/c1-5-26-30(24,27-6-2)18(31(25,28-7-3)29-8-4)12-16(21-22-18)17(23)13-9-14(19)11-15(20)10-13/h9-11,22H,5-8,12H2,1-4H3. The van der Waals surface area contributed by atoms with Crippen LogP contribution in [0.15, 0.2) is 23.3 Å². The largest absolute Gasteiger partial charge is 0.370 e. The fraction of sp³-hybridized carbons (Fsp3) is 0.556. The second kappa shape index (κ2) is 10.4. The monoisotopic (exact) mass is 482 g/mol. The normalized spacial score (nSPS) is 16.1. The Hall–Kier alpha value is -1.48. The van der Waals surface area contributed by atoms with Gasteiger partial charge < -0.3 is 18.1 Å². The van der Waals surface area contributed by atoms with Gasteiger partial charge in [-0.2, -0.15) is 5.10 Å². The highest BCUT2D eigenvalue weighted by molar-refractivity contribution is 7.74. The van der Waals surface area contributed by atoms with E-state index < -0.39 is 44.1 Å². The van der Waals surface area contributed by atoms with Gasteiger partial charge in [-0.05, 0) is 39.8 Å². The molecule has 1 heterocycles. The van der Waals surface area contributed by atoms with Gasteiger partial charge in [-0.3, -0.25) is 19.4 Å². The predicted molar refractivity (Wildman–Crippen MR) is 110 cm³/mol. The van der Waals surface area contributed by atoms with Crippen molar-refractivity contribution < 1.29 is 40.8 Å². The lowest BCUT2D eigenvalue weighted by atomic mass is 10.0. The third kappa shape index (κ3) is 4.97. The fourth-order valence-corrected chi connectivity index (χ4v) is 8.39. The summed E-state index contributed by atoms with van der Waals surface area (Å²) in [5.74, 6) is -2.76. The first-order chi connectivity index (χ1) is 14.6. The maximum atomic E-state index is 13.8. The van der Waals surface area contributed by atoms with Gasteiger partial charge >= 0.3 is 15.2 Å². The van der Waals surface area contributed by atoms with Crippen molar-refractivity contribution in [2.45, 2.75) is 39.1 Å². The average molecular weight is 482 g/mol. The maximum Gasteiger partial charge on any atom is 0.370 e. The zero-order valence-electron chi connectivity index (χ0n) is 17.7. The van der Waals surface area contributed by atoms with Gasteiger partial charge in [0, 0.05) is 18.1 Å². The van der Waals surface area contributed by atoms with E-state index in [1.54, 1.807) is 27.7 Å². The van der Waals surface area contributed by atoms with Crippen molar-refractivity contribution in [2.24, 2.45) is 5.10 Å². The molecule has 0 amide bonds. The Morgan fingerprint density at radius 1 is 0.935 bits per heavy atom. The molecule has 0 atom stereocenters. The van der Waals surface area contributed by atoms with Gasteiger partial charge in [0.05, 0.1) is 26.4 Å². The van der Waals surface area contributed by atoms with Crippen LogP contribution in [-0.2, 0) is 27.2 Å². The summed E-state index contributed by atoms with van der Waals surface area (Å²) in [6, 6.07) is 2.29.